The van der Waals surface area contributed by atoms with Crippen LogP contribution in [-0.2, 0) is 4.74 Å². The Morgan fingerprint density at radius 2 is 2.06 bits per heavy atom. The van der Waals surface area contributed by atoms with Crippen LogP contribution in [0.2, 0.25) is 0 Å². The molecule has 2 rings (SSSR count). The van der Waals surface area contributed by atoms with Gasteiger partial charge in [-0.25, -0.2) is 9.37 Å². The van der Waals surface area contributed by atoms with Gasteiger partial charge >= 0.3 is 0 Å². The number of rotatable bonds is 2. The Morgan fingerprint density at radius 1 is 1.38 bits per heavy atom. The maximum absolute atomic E-state index is 13.4. The second-order valence-corrected chi connectivity index (χ2v) is 3.84. The fourth-order valence-corrected chi connectivity index (χ4v) is 1.58. The van der Waals surface area contributed by atoms with Crippen LogP contribution in [0.3, 0.4) is 0 Å². The number of ether oxygens (including phenoxy) is 1. The lowest BCUT2D eigenvalue weighted by Crippen LogP contribution is -2.37. The molecule has 0 saturated carbocycles. The molecule has 0 bridgehead atoms. The fourth-order valence-electron chi connectivity index (χ4n) is 1.58. The lowest BCUT2D eigenvalue weighted by Gasteiger charge is -2.27. The molecule has 2 heterocycles. The molecular weight excluding hydrogens is 211 g/mol. The van der Waals surface area contributed by atoms with E-state index in [1.165, 1.54) is 6.20 Å². The van der Waals surface area contributed by atoms with Crippen LogP contribution in [0.15, 0.2) is 6.20 Å². The van der Waals surface area contributed by atoms with E-state index in [-0.39, 0.29) is 0 Å². The summed E-state index contributed by atoms with van der Waals surface area (Å²) in [4.78, 5) is 11.8. The van der Waals surface area contributed by atoms with Crippen molar-refractivity contribution in [3.05, 3.63) is 12.0 Å². The minimum Gasteiger partial charge on any atom is -0.378 e. The summed E-state index contributed by atoms with van der Waals surface area (Å²) >= 11 is 0. The van der Waals surface area contributed by atoms with Crippen LogP contribution in [0, 0.1) is 5.82 Å². The van der Waals surface area contributed by atoms with Crippen molar-refractivity contribution >= 4 is 11.8 Å². The molecule has 1 fully saturated rings. The van der Waals surface area contributed by atoms with Crippen molar-refractivity contribution in [2.75, 3.05) is 50.2 Å². The quantitative estimate of drug-likeness (QED) is 0.735. The SMILES string of the molecule is CN(C)c1nc(N2CCOCC2)ncc1F. The lowest BCUT2D eigenvalue weighted by atomic mass is 10.4. The molecular formula is C10H15FN4O. The highest BCUT2D eigenvalue weighted by atomic mass is 19.1. The van der Waals surface area contributed by atoms with Gasteiger partial charge in [-0.2, -0.15) is 4.98 Å². The zero-order valence-corrected chi connectivity index (χ0v) is 9.48. The van der Waals surface area contributed by atoms with E-state index < -0.39 is 5.82 Å². The maximum Gasteiger partial charge on any atom is 0.227 e. The first-order chi connectivity index (χ1) is 7.68. The Morgan fingerprint density at radius 3 is 2.69 bits per heavy atom. The van der Waals surface area contributed by atoms with E-state index >= 15 is 0 Å². The molecule has 1 aliphatic rings. The summed E-state index contributed by atoms with van der Waals surface area (Å²) in [7, 11) is 3.52. The third-order valence-corrected chi connectivity index (χ3v) is 2.43. The number of anilines is 2. The monoisotopic (exact) mass is 226 g/mol. The summed E-state index contributed by atoms with van der Waals surface area (Å²) in [5.41, 5.74) is 0. The van der Waals surface area contributed by atoms with Gasteiger partial charge in [0.25, 0.3) is 0 Å². The molecule has 0 aromatic carbocycles. The van der Waals surface area contributed by atoms with Gasteiger partial charge in [0.1, 0.15) is 0 Å². The van der Waals surface area contributed by atoms with E-state index in [0.717, 1.165) is 13.1 Å². The summed E-state index contributed by atoms with van der Waals surface area (Å²) in [6, 6.07) is 0. The lowest BCUT2D eigenvalue weighted by molar-refractivity contribution is 0.122. The molecule has 88 valence electrons. The highest BCUT2D eigenvalue weighted by Gasteiger charge is 2.16. The summed E-state index contributed by atoms with van der Waals surface area (Å²) < 4.78 is 18.6. The summed E-state index contributed by atoms with van der Waals surface area (Å²) in [6.45, 7) is 2.83. The number of morpholine rings is 1. The molecule has 5 nitrogen and oxygen atoms in total. The molecule has 0 N–H and O–H groups in total. The predicted octanol–water partition coefficient (Wildman–Crippen LogP) is 0.518. The number of aromatic nitrogens is 2. The highest BCUT2D eigenvalue weighted by Crippen LogP contribution is 2.17. The van der Waals surface area contributed by atoms with E-state index in [9.17, 15) is 4.39 Å². The molecule has 1 aromatic heterocycles. The van der Waals surface area contributed by atoms with Crippen molar-refractivity contribution in [1.82, 2.24) is 9.97 Å². The zero-order chi connectivity index (χ0) is 11.5. The molecule has 1 aliphatic heterocycles. The average Bonchev–Trinajstić information content (AvgIpc) is 2.30. The third-order valence-electron chi connectivity index (χ3n) is 2.43. The molecule has 16 heavy (non-hydrogen) atoms. The van der Waals surface area contributed by atoms with Crippen molar-refractivity contribution in [2.24, 2.45) is 0 Å². The van der Waals surface area contributed by atoms with E-state index in [4.69, 9.17) is 4.74 Å². The largest absolute Gasteiger partial charge is 0.378 e. The standard InChI is InChI=1S/C10H15FN4O/c1-14(2)9-8(11)7-12-10(13-9)15-3-5-16-6-4-15/h7H,3-6H2,1-2H3. The van der Waals surface area contributed by atoms with Crippen LogP contribution in [0.4, 0.5) is 16.2 Å². The molecule has 0 unspecified atom stereocenters. The third kappa shape index (κ3) is 2.21. The van der Waals surface area contributed by atoms with Crippen LogP contribution < -0.4 is 9.80 Å². The Bertz CT molecular complexity index is 366. The molecule has 0 aliphatic carbocycles. The minimum absolute atomic E-state index is 0.316. The van der Waals surface area contributed by atoms with E-state index in [0.29, 0.717) is 25.0 Å². The van der Waals surface area contributed by atoms with Crippen LogP contribution in [-0.4, -0.2) is 50.4 Å². The number of nitrogens with zero attached hydrogens (tertiary/aromatic N) is 4. The van der Waals surface area contributed by atoms with E-state index in [1.807, 2.05) is 4.90 Å². The second-order valence-electron chi connectivity index (χ2n) is 3.84. The summed E-state index contributed by atoms with van der Waals surface area (Å²) in [6.07, 6.45) is 1.22. The summed E-state index contributed by atoms with van der Waals surface area (Å²) in [5.74, 6) is 0.479. The first kappa shape index (κ1) is 11.1. The molecule has 0 spiro atoms. The van der Waals surface area contributed by atoms with Gasteiger partial charge in [-0.05, 0) is 0 Å². The Labute approximate surface area is 93.9 Å². The van der Waals surface area contributed by atoms with Gasteiger partial charge in [0.2, 0.25) is 5.95 Å². The van der Waals surface area contributed by atoms with Gasteiger partial charge in [-0.3, -0.25) is 0 Å². The fraction of sp³-hybridized carbons (Fsp3) is 0.600. The molecule has 0 amide bonds. The smallest absolute Gasteiger partial charge is 0.227 e. The molecule has 6 heteroatoms. The van der Waals surface area contributed by atoms with Crippen molar-refractivity contribution in [3.63, 3.8) is 0 Å². The zero-order valence-electron chi connectivity index (χ0n) is 9.48. The van der Waals surface area contributed by atoms with Crippen molar-refractivity contribution in [1.29, 1.82) is 0 Å². The average molecular weight is 226 g/mol. The number of hydrogen-bond donors (Lipinski definition) is 0. The van der Waals surface area contributed by atoms with Crippen LogP contribution >= 0.6 is 0 Å². The van der Waals surface area contributed by atoms with Crippen molar-refractivity contribution < 1.29 is 9.13 Å². The van der Waals surface area contributed by atoms with E-state index in [2.05, 4.69) is 9.97 Å². The normalized spacial score (nSPS) is 16.3. The Kier molecular flexibility index (Phi) is 3.19. The topological polar surface area (TPSA) is 41.5 Å². The number of hydrogen-bond acceptors (Lipinski definition) is 5. The Hall–Kier alpha value is -1.43. The first-order valence-electron chi connectivity index (χ1n) is 5.21. The Balaban J connectivity index is 2.24. The van der Waals surface area contributed by atoms with Crippen molar-refractivity contribution in [3.8, 4) is 0 Å². The number of halogens is 1. The molecule has 0 radical (unpaired) electrons. The van der Waals surface area contributed by atoms with Gasteiger partial charge in [0, 0.05) is 27.2 Å². The minimum atomic E-state index is -0.401. The van der Waals surface area contributed by atoms with Gasteiger partial charge < -0.3 is 14.5 Å². The van der Waals surface area contributed by atoms with Crippen LogP contribution in [0.25, 0.3) is 0 Å². The van der Waals surface area contributed by atoms with Gasteiger partial charge in [-0.1, -0.05) is 0 Å². The van der Waals surface area contributed by atoms with E-state index in [1.54, 1.807) is 19.0 Å². The molecule has 1 saturated heterocycles. The molecule has 0 atom stereocenters. The van der Waals surface area contributed by atoms with Gasteiger partial charge in [0.05, 0.1) is 19.4 Å². The van der Waals surface area contributed by atoms with Crippen LogP contribution in [0.5, 0.6) is 0 Å². The van der Waals surface area contributed by atoms with Gasteiger partial charge in [-0.15, -0.1) is 0 Å². The molecule has 1 aromatic rings. The summed E-state index contributed by atoms with van der Waals surface area (Å²) in [5, 5.41) is 0. The maximum atomic E-state index is 13.4. The predicted molar refractivity (Wildman–Crippen MR) is 59.3 cm³/mol. The van der Waals surface area contributed by atoms with Gasteiger partial charge in [0.15, 0.2) is 11.6 Å². The first-order valence-corrected chi connectivity index (χ1v) is 5.21. The van der Waals surface area contributed by atoms with Crippen molar-refractivity contribution in [2.45, 2.75) is 0 Å². The van der Waals surface area contributed by atoms with Crippen LogP contribution in [0.1, 0.15) is 0 Å². The highest BCUT2D eigenvalue weighted by molar-refractivity contribution is 5.43. The second kappa shape index (κ2) is 4.61.